The molecule has 1 aromatic carbocycles. The highest BCUT2D eigenvalue weighted by molar-refractivity contribution is 9.10. The largest absolute Gasteiger partial charge is 0.382 e. The molecule has 2 rings (SSSR count). The average molecular weight is 360 g/mol. The maximum absolute atomic E-state index is 13.7. The van der Waals surface area contributed by atoms with Crippen LogP contribution in [0, 0.1) is 28.9 Å². The molecule has 1 fully saturated rings. The Hall–Kier alpha value is -0.640. The minimum atomic E-state index is -0.566. The van der Waals surface area contributed by atoms with Gasteiger partial charge in [0.05, 0.1) is 10.2 Å². The highest BCUT2D eigenvalue weighted by Gasteiger charge is 2.29. The zero-order valence-electron chi connectivity index (χ0n) is 13.0. The molecule has 1 aromatic rings. The molecule has 1 aliphatic rings. The van der Waals surface area contributed by atoms with Crippen molar-refractivity contribution in [2.75, 3.05) is 11.9 Å². The van der Waals surface area contributed by atoms with Gasteiger partial charge < -0.3 is 5.32 Å². The van der Waals surface area contributed by atoms with E-state index >= 15 is 0 Å². The molecule has 1 saturated carbocycles. The van der Waals surface area contributed by atoms with Crippen LogP contribution in [-0.2, 0) is 0 Å². The van der Waals surface area contributed by atoms with E-state index in [1.165, 1.54) is 31.7 Å². The van der Waals surface area contributed by atoms with Crippen molar-refractivity contribution in [2.24, 2.45) is 17.3 Å². The number of anilines is 1. The lowest BCUT2D eigenvalue weighted by molar-refractivity contribution is 0.153. The van der Waals surface area contributed by atoms with Gasteiger partial charge in [0.1, 0.15) is 11.6 Å². The summed E-state index contributed by atoms with van der Waals surface area (Å²) in [6.07, 6.45) is 4.84. The second-order valence-electron chi connectivity index (χ2n) is 7.21. The topological polar surface area (TPSA) is 12.0 Å². The molecule has 0 radical (unpaired) electrons. The van der Waals surface area contributed by atoms with Crippen LogP contribution in [0.4, 0.5) is 14.5 Å². The van der Waals surface area contributed by atoms with Crippen LogP contribution < -0.4 is 5.32 Å². The molecule has 0 heterocycles. The molecule has 1 aliphatic carbocycles. The maximum atomic E-state index is 13.7. The van der Waals surface area contributed by atoms with Crippen LogP contribution in [-0.4, -0.2) is 6.54 Å². The summed E-state index contributed by atoms with van der Waals surface area (Å²) in [7, 11) is 0. The van der Waals surface area contributed by atoms with Gasteiger partial charge >= 0.3 is 0 Å². The van der Waals surface area contributed by atoms with E-state index in [-0.39, 0.29) is 0 Å². The fourth-order valence-electron chi connectivity index (χ4n) is 3.14. The van der Waals surface area contributed by atoms with Crippen molar-refractivity contribution in [1.82, 2.24) is 0 Å². The molecule has 1 nitrogen and oxygen atoms in total. The Kier molecular flexibility index (Phi) is 5.29. The minimum absolute atomic E-state index is 0.294. The maximum Gasteiger partial charge on any atom is 0.149 e. The van der Waals surface area contributed by atoms with E-state index in [9.17, 15) is 8.78 Å². The number of halogens is 3. The Morgan fingerprint density at radius 1 is 1.10 bits per heavy atom. The van der Waals surface area contributed by atoms with Crippen molar-refractivity contribution in [2.45, 2.75) is 46.5 Å². The van der Waals surface area contributed by atoms with Crippen LogP contribution >= 0.6 is 15.9 Å². The highest BCUT2D eigenvalue weighted by Crippen LogP contribution is 2.39. The fraction of sp³-hybridized carbons (Fsp3) is 0.647. The van der Waals surface area contributed by atoms with Gasteiger partial charge in [0.15, 0.2) is 0 Å². The standard InChI is InChI=1S/C17H24BrF2N/c1-17(2,3)12-6-4-11(5-7-12)10-21-16-8-13(18)14(19)9-15(16)20/h8-9,11-12,21H,4-7,10H2,1-3H3. The summed E-state index contributed by atoms with van der Waals surface area (Å²) < 4.78 is 27.2. The van der Waals surface area contributed by atoms with Crippen LogP contribution in [0.15, 0.2) is 16.6 Å². The second kappa shape index (κ2) is 6.64. The average Bonchev–Trinajstić information content (AvgIpc) is 2.41. The summed E-state index contributed by atoms with van der Waals surface area (Å²) in [5, 5.41) is 3.13. The lowest BCUT2D eigenvalue weighted by Crippen LogP contribution is -2.28. The van der Waals surface area contributed by atoms with E-state index in [1.54, 1.807) is 0 Å². The van der Waals surface area contributed by atoms with Gasteiger partial charge in [0.25, 0.3) is 0 Å². The number of hydrogen-bond acceptors (Lipinski definition) is 1. The molecule has 0 atom stereocenters. The van der Waals surface area contributed by atoms with E-state index in [4.69, 9.17) is 0 Å². The van der Waals surface area contributed by atoms with Gasteiger partial charge in [0.2, 0.25) is 0 Å². The third kappa shape index (κ3) is 4.41. The zero-order chi connectivity index (χ0) is 15.6. The Bertz CT molecular complexity index is 488. The smallest absolute Gasteiger partial charge is 0.149 e. The van der Waals surface area contributed by atoms with Crippen molar-refractivity contribution < 1.29 is 8.78 Å². The molecular weight excluding hydrogens is 336 g/mol. The highest BCUT2D eigenvalue weighted by atomic mass is 79.9. The van der Waals surface area contributed by atoms with Crippen molar-refractivity contribution in [3.63, 3.8) is 0 Å². The molecule has 0 unspecified atom stereocenters. The van der Waals surface area contributed by atoms with Gasteiger partial charge in [-0.15, -0.1) is 0 Å². The second-order valence-corrected chi connectivity index (χ2v) is 8.07. The van der Waals surface area contributed by atoms with Gasteiger partial charge in [-0.1, -0.05) is 20.8 Å². The van der Waals surface area contributed by atoms with E-state index in [0.29, 0.717) is 21.5 Å². The van der Waals surface area contributed by atoms with Crippen LogP contribution in [0.5, 0.6) is 0 Å². The molecular formula is C17H24BrF2N. The van der Waals surface area contributed by atoms with E-state index in [1.807, 2.05) is 0 Å². The minimum Gasteiger partial charge on any atom is -0.382 e. The van der Waals surface area contributed by atoms with Gasteiger partial charge in [-0.05, 0) is 64.9 Å². The molecule has 118 valence electrons. The molecule has 0 aliphatic heterocycles. The van der Waals surface area contributed by atoms with E-state index in [2.05, 4.69) is 42.0 Å². The number of benzene rings is 1. The summed E-state index contributed by atoms with van der Waals surface area (Å²) >= 11 is 3.09. The van der Waals surface area contributed by atoms with Crippen LogP contribution in [0.1, 0.15) is 46.5 Å². The molecule has 0 bridgehead atoms. The normalized spacial score (nSPS) is 23.1. The third-order valence-electron chi connectivity index (χ3n) is 4.66. The number of nitrogens with one attached hydrogen (secondary N) is 1. The first-order valence-electron chi connectivity index (χ1n) is 7.66. The van der Waals surface area contributed by atoms with E-state index < -0.39 is 11.6 Å². The van der Waals surface area contributed by atoms with Crippen molar-refractivity contribution >= 4 is 21.6 Å². The molecule has 1 N–H and O–H groups in total. The Labute approximate surface area is 134 Å². The predicted molar refractivity (Wildman–Crippen MR) is 87.5 cm³/mol. The summed E-state index contributed by atoms with van der Waals surface area (Å²) in [5.41, 5.74) is 0.757. The first-order valence-corrected chi connectivity index (χ1v) is 8.45. The zero-order valence-corrected chi connectivity index (χ0v) is 14.6. The molecule has 0 saturated heterocycles. The SMILES string of the molecule is CC(C)(C)C1CCC(CNc2cc(Br)c(F)cc2F)CC1. The predicted octanol–water partition coefficient (Wildman–Crippen LogP) is 5.99. The quantitative estimate of drug-likeness (QED) is 0.653. The Balaban J connectivity index is 1.87. The van der Waals surface area contributed by atoms with Crippen LogP contribution in [0.3, 0.4) is 0 Å². The summed E-state index contributed by atoms with van der Waals surface area (Å²) in [4.78, 5) is 0. The van der Waals surface area contributed by atoms with E-state index in [0.717, 1.165) is 18.5 Å². The van der Waals surface area contributed by atoms with Crippen LogP contribution in [0.2, 0.25) is 0 Å². The molecule has 21 heavy (non-hydrogen) atoms. The Morgan fingerprint density at radius 2 is 1.71 bits per heavy atom. The summed E-state index contributed by atoms with van der Waals surface area (Å²) in [6.45, 7) is 7.68. The molecule has 0 aromatic heterocycles. The third-order valence-corrected chi connectivity index (χ3v) is 5.27. The summed E-state index contributed by atoms with van der Waals surface area (Å²) in [5.74, 6) is 0.264. The number of rotatable bonds is 3. The molecule has 0 amide bonds. The van der Waals surface area contributed by atoms with Gasteiger partial charge in [0, 0.05) is 12.6 Å². The fourth-order valence-corrected chi connectivity index (χ4v) is 3.49. The lowest BCUT2D eigenvalue weighted by atomic mass is 9.70. The molecule has 0 spiro atoms. The number of hydrogen-bond donors (Lipinski definition) is 1. The van der Waals surface area contributed by atoms with Crippen molar-refractivity contribution in [3.8, 4) is 0 Å². The Morgan fingerprint density at radius 3 is 2.29 bits per heavy atom. The summed E-state index contributed by atoms with van der Waals surface area (Å²) in [6, 6.07) is 2.40. The van der Waals surface area contributed by atoms with Crippen molar-refractivity contribution in [3.05, 3.63) is 28.2 Å². The van der Waals surface area contributed by atoms with Crippen molar-refractivity contribution in [1.29, 1.82) is 0 Å². The lowest BCUT2D eigenvalue weighted by Gasteiger charge is -2.37. The van der Waals surface area contributed by atoms with Gasteiger partial charge in [-0.2, -0.15) is 0 Å². The first kappa shape index (κ1) is 16.7. The monoisotopic (exact) mass is 359 g/mol. The first-order chi connectivity index (χ1) is 9.77. The molecule has 4 heteroatoms. The van der Waals surface area contributed by atoms with Gasteiger partial charge in [-0.25, -0.2) is 8.78 Å². The van der Waals surface area contributed by atoms with Crippen LogP contribution in [0.25, 0.3) is 0 Å². The van der Waals surface area contributed by atoms with Gasteiger partial charge in [-0.3, -0.25) is 0 Å².